The maximum Gasteiger partial charge on any atom is 0.328 e. The molecular formula is C21H26N2O2. The van der Waals surface area contributed by atoms with Crippen molar-refractivity contribution in [1.82, 2.24) is 9.47 Å². The molecule has 1 aromatic carbocycles. The van der Waals surface area contributed by atoms with Crippen molar-refractivity contribution in [2.45, 2.75) is 51.1 Å². The van der Waals surface area contributed by atoms with Crippen LogP contribution in [-0.4, -0.2) is 35.6 Å². The average molecular weight is 338 g/mol. The number of piperidine rings is 1. The van der Waals surface area contributed by atoms with Crippen molar-refractivity contribution in [2.75, 3.05) is 20.2 Å². The lowest BCUT2D eigenvalue weighted by Crippen LogP contribution is -2.53. The molecule has 4 nitrogen and oxygen atoms in total. The summed E-state index contributed by atoms with van der Waals surface area (Å²) in [6, 6.07) is 8.90. The van der Waals surface area contributed by atoms with E-state index in [2.05, 4.69) is 40.7 Å². The van der Waals surface area contributed by atoms with Gasteiger partial charge in [-0.3, -0.25) is 4.90 Å². The lowest BCUT2D eigenvalue weighted by atomic mass is 9.63. The highest BCUT2D eigenvalue weighted by molar-refractivity contribution is 5.89. The number of fused-ring (bicyclic) bond motifs is 3. The molecule has 1 saturated heterocycles. The molecule has 3 aliphatic rings. The van der Waals surface area contributed by atoms with Crippen molar-refractivity contribution in [3.05, 3.63) is 35.5 Å². The van der Waals surface area contributed by atoms with Gasteiger partial charge in [0.05, 0.1) is 13.2 Å². The fraction of sp³-hybridized carbons (Fsp3) is 0.571. The van der Waals surface area contributed by atoms with E-state index < -0.39 is 0 Å². The number of nitrogens with zero attached hydrogens (tertiary/aromatic N) is 2. The van der Waals surface area contributed by atoms with Gasteiger partial charge in [0.1, 0.15) is 6.04 Å². The van der Waals surface area contributed by atoms with Crippen LogP contribution < -0.4 is 0 Å². The molecule has 132 valence electrons. The van der Waals surface area contributed by atoms with Crippen LogP contribution in [0.1, 0.15) is 55.9 Å². The van der Waals surface area contributed by atoms with Gasteiger partial charge in [0, 0.05) is 23.1 Å². The number of hydrogen-bond donors (Lipinski definition) is 0. The van der Waals surface area contributed by atoms with E-state index in [9.17, 15) is 4.79 Å². The number of aromatic nitrogens is 1. The number of esters is 1. The van der Waals surface area contributed by atoms with Crippen molar-refractivity contribution in [2.24, 2.45) is 5.41 Å². The Balaban J connectivity index is 1.84. The highest BCUT2D eigenvalue weighted by Gasteiger charge is 2.54. The monoisotopic (exact) mass is 338 g/mol. The van der Waals surface area contributed by atoms with E-state index in [1.165, 1.54) is 48.7 Å². The van der Waals surface area contributed by atoms with Gasteiger partial charge in [0.2, 0.25) is 0 Å². The number of rotatable bonds is 2. The lowest BCUT2D eigenvalue weighted by molar-refractivity contribution is -0.149. The Hall–Kier alpha value is -1.81. The summed E-state index contributed by atoms with van der Waals surface area (Å²) in [4.78, 5) is 15.5. The molecule has 0 bridgehead atoms. The molecule has 4 heteroatoms. The molecule has 0 radical (unpaired) electrons. The van der Waals surface area contributed by atoms with Crippen molar-refractivity contribution in [3.8, 4) is 0 Å². The third kappa shape index (κ3) is 1.89. The second-order valence-electron chi connectivity index (χ2n) is 8.00. The van der Waals surface area contributed by atoms with Gasteiger partial charge in [-0.25, -0.2) is 4.79 Å². The van der Waals surface area contributed by atoms with Crippen LogP contribution in [0.2, 0.25) is 0 Å². The highest BCUT2D eigenvalue weighted by atomic mass is 16.5. The van der Waals surface area contributed by atoms with E-state index in [4.69, 9.17) is 4.74 Å². The first-order valence-corrected chi connectivity index (χ1v) is 9.64. The Morgan fingerprint density at radius 3 is 2.96 bits per heavy atom. The SMILES string of the molecule is CC[C@]12CCCN3CCc4c(n(c5ccccc45)[C@H](C(=O)OC)C1)[C@@H]32. The summed E-state index contributed by atoms with van der Waals surface area (Å²) in [7, 11) is 1.53. The molecule has 2 aromatic rings. The first-order valence-electron chi connectivity index (χ1n) is 9.64. The van der Waals surface area contributed by atoms with Gasteiger partial charge in [-0.1, -0.05) is 25.1 Å². The predicted molar refractivity (Wildman–Crippen MR) is 97.6 cm³/mol. The number of hydrogen-bond acceptors (Lipinski definition) is 3. The van der Waals surface area contributed by atoms with E-state index in [0.29, 0.717) is 6.04 Å². The smallest absolute Gasteiger partial charge is 0.328 e. The Kier molecular flexibility index (Phi) is 3.30. The first-order chi connectivity index (χ1) is 12.2. The summed E-state index contributed by atoms with van der Waals surface area (Å²) in [5.41, 5.74) is 4.30. The Morgan fingerprint density at radius 2 is 2.16 bits per heavy atom. The van der Waals surface area contributed by atoms with Gasteiger partial charge in [-0.15, -0.1) is 0 Å². The van der Waals surface area contributed by atoms with E-state index in [0.717, 1.165) is 25.8 Å². The number of methoxy groups -OCH3 is 1. The topological polar surface area (TPSA) is 34.5 Å². The molecule has 4 heterocycles. The second kappa shape index (κ2) is 5.34. The van der Waals surface area contributed by atoms with E-state index in [-0.39, 0.29) is 17.4 Å². The van der Waals surface area contributed by atoms with E-state index >= 15 is 0 Å². The van der Waals surface area contributed by atoms with Crippen LogP contribution in [0.3, 0.4) is 0 Å². The quantitative estimate of drug-likeness (QED) is 0.780. The first kappa shape index (κ1) is 15.4. The summed E-state index contributed by atoms with van der Waals surface area (Å²) >= 11 is 0. The zero-order chi connectivity index (χ0) is 17.2. The molecule has 1 fully saturated rings. The van der Waals surface area contributed by atoms with Gasteiger partial charge >= 0.3 is 5.97 Å². The van der Waals surface area contributed by atoms with Crippen molar-refractivity contribution < 1.29 is 9.53 Å². The lowest BCUT2D eigenvalue weighted by Gasteiger charge is -2.56. The van der Waals surface area contributed by atoms with Crippen LogP contribution in [0.15, 0.2) is 24.3 Å². The molecule has 5 rings (SSSR count). The second-order valence-corrected chi connectivity index (χ2v) is 8.00. The molecule has 0 saturated carbocycles. The van der Waals surface area contributed by atoms with Gasteiger partial charge in [-0.2, -0.15) is 0 Å². The van der Waals surface area contributed by atoms with Crippen molar-refractivity contribution >= 4 is 16.9 Å². The Morgan fingerprint density at radius 1 is 1.32 bits per heavy atom. The fourth-order valence-electron chi connectivity index (χ4n) is 6.02. The average Bonchev–Trinajstić information content (AvgIpc) is 3.01. The summed E-state index contributed by atoms with van der Waals surface area (Å²) in [6.07, 6.45) is 5.59. The van der Waals surface area contributed by atoms with Crippen LogP contribution in [0.5, 0.6) is 0 Å². The Bertz CT molecular complexity index is 855. The van der Waals surface area contributed by atoms with Crippen molar-refractivity contribution in [1.29, 1.82) is 0 Å². The van der Waals surface area contributed by atoms with Crippen LogP contribution >= 0.6 is 0 Å². The summed E-state index contributed by atoms with van der Waals surface area (Å²) in [5.74, 6) is -0.0856. The molecule has 0 unspecified atom stereocenters. The van der Waals surface area contributed by atoms with Crippen LogP contribution in [-0.2, 0) is 16.0 Å². The molecule has 0 amide bonds. The number of carbonyl (C=O) groups is 1. The number of ether oxygens (including phenoxy) is 1. The highest BCUT2D eigenvalue weighted by Crippen LogP contribution is 2.59. The largest absolute Gasteiger partial charge is 0.467 e. The minimum atomic E-state index is -0.187. The van der Waals surface area contributed by atoms with E-state index in [1.54, 1.807) is 0 Å². The summed E-state index contributed by atoms with van der Waals surface area (Å²) in [6.45, 7) is 4.65. The van der Waals surface area contributed by atoms with E-state index in [1.807, 2.05) is 0 Å². The van der Waals surface area contributed by atoms with Gasteiger partial charge < -0.3 is 9.30 Å². The molecule has 3 atom stereocenters. The minimum absolute atomic E-state index is 0.0856. The summed E-state index contributed by atoms with van der Waals surface area (Å²) in [5, 5.41) is 1.34. The standard InChI is InChI=1S/C21H26N2O2/c1-3-21-10-6-11-22-12-9-15-14-7-4-5-8-16(14)23(18(15)19(21)22)17(13-21)20(24)25-2/h4-5,7-8,17,19H,3,6,9-13H2,1-2H3/t17-,19+,21-/m0/s1. The van der Waals surface area contributed by atoms with Crippen LogP contribution in [0.25, 0.3) is 10.9 Å². The molecule has 1 aromatic heterocycles. The third-order valence-corrected chi connectivity index (χ3v) is 7.12. The number of carbonyl (C=O) groups excluding carboxylic acids is 1. The Labute approximate surface area is 148 Å². The summed E-state index contributed by atoms with van der Waals surface area (Å²) < 4.78 is 7.59. The maximum absolute atomic E-state index is 12.8. The van der Waals surface area contributed by atoms with Crippen molar-refractivity contribution in [3.63, 3.8) is 0 Å². The predicted octanol–water partition coefficient (Wildman–Crippen LogP) is 3.85. The molecule has 0 N–H and O–H groups in total. The zero-order valence-corrected chi connectivity index (χ0v) is 15.1. The van der Waals surface area contributed by atoms with Crippen LogP contribution in [0, 0.1) is 5.41 Å². The van der Waals surface area contributed by atoms with Crippen LogP contribution in [0.4, 0.5) is 0 Å². The fourth-order valence-corrected chi connectivity index (χ4v) is 6.02. The molecule has 0 aliphatic carbocycles. The minimum Gasteiger partial charge on any atom is -0.467 e. The molecule has 3 aliphatic heterocycles. The number of para-hydroxylation sites is 1. The molecular weight excluding hydrogens is 312 g/mol. The molecule has 0 spiro atoms. The third-order valence-electron chi connectivity index (χ3n) is 7.12. The number of benzene rings is 1. The van der Waals surface area contributed by atoms with Gasteiger partial charge in [0.25, 0.3) is 0 Å². The molecule has 25 heavy (non-hydrogen) atoms. The zero-order valence-electron chi connectivity index (χ0n) is 15.1. The maximum atomic E-state index is 12.8. The normalized spacial score (nSPS) is 31.0. The van der Waals surface area contributed by atoms with Gasteiger partial charge in [0.15, 0.2) is 0 Å². The van der Waals surface area contributed by atoms with Gasteiger partial charge in [-0.05, 0) is 55.7 Å².